The first-order valence-corrected chi connectivity index (χ1v) is 6.12. The van der Waals surface area contributed by atoms with E-state index in [1.54, 1.807) is 0 Å². The van der Waals surface area contributed by atoms with Gasteiger partial charge in [0.05, 0.1) is 0 Å². The van der Waals surface area contributed by atoms with Crippen molar-refractivity contribution < 1.29 is 0 Å². The fourth-order valence-corrected chi connectivity index (χ4v) is 2.92. The van der Waals surface area contributed by atoms with Crippen molar-refractivity contribution in [2.24, 2.45) is 11.7 Å². The molecule has 0 amide bonds. The minimum absolute atomic E-state index is 0.0856. The highest BCUT2D eigenvalue weighted by Crippen LogP contribution is 2.40. The molecule has 2 rings (SSSR count). The second-order valence-corrected chi connectivity index (χ2v) is 4.74. The Balaban J connectivity index is 2.28. The fraction of sp³-hybridized carbons (Fsp3) is 0.571. The minimum Gasteiger partial charge on any atom is -0.321 e. The van der Waals surface area contributed by atoms with Crippen molar-refractivity contribution in [1.29, 1.82) is 0 Å². The molecule has 15 heavy (non-hydrogen) atoms. The Kier molecular flexibility index (Phi) is 3.11. The summed E-state index contributed by atoms with van der Waals surface area (Å²) in [5, 5.41) is 0. The van der Waals surface area contributed by atoms with E-state index in [4.69, 9.17) is 5.73 Å². The van der Waals surface area contributed by atoms with Gasteiger partial charge in [-0.3, -0.25) is 0 Å². The highest BCUT2D eigenvalue weighted by Gasteiger charge is 2.36. The molecule has 0 bridgehead atoms. The monoisotopic (exact) mass is 203 g/mol. The molecule has 1 aliphatic carbocycles. The highest BCUT2D eigenvalue weighted by atomic mass is 14.8. The van der Waals surface area contributed by atoms with E-state index in [0.717, 1.165) is 6.42 Å². The van der Waals surface area contributed by atoms with Crippen LogP contribution < -0.4 is 5.73 Å². The van der Waals surface area contributed by atoms with Gasteiger partial charge in [0.1, 0.15) is 0 Å². The van der Waals surface area contributed by atoms with Crippen LogP contribution in [0.1, 0.15) is 44.6 Å². The van der Waals surface area contributed by atoms with Crippen molar-refractivity contribution in [1.82, 2.24) is 0 Å². The van der Waals surface area contributed by atoms with Crippen molar-refractivity contribution in [3.05, 3.63) is 35.9 Å². The van der Waals surface area contributed by atoms with Crippen LogP contribution in [0.25, 0.3) is 0 Å². The van der Waals surface area contributed by atoms with Gasteiger partial charge in [0.2, 0.25) is 0 Å². The molecule has 1 saturated carbocycles. The van der Waals surface area contributed by atoms with Crippen molar-refractivity contribution >= 4 is 0 Å². The SMILES string of the molecule is CCC(N)(c1ccccc1)C1CCCC1. The van der Waals surface area contributed by atoms with E-state index in [-0.39, 0.29) is 5.54 Å². The zero-order valence-electron chi connectivity index (χ0n) is 9.58. The summed E-state index contributed by atoms with van der Waals surface area (Å²) in [5.74, 6) is 0.685. The van der Waals surface area contributed by atoms with Gasteiger partial charge in [-0.2, -0.15) is 0 Å². The number of benzene rings is 1. The molecule has 1 atom stereocenters. The predicted octanol–water partition coefficient (Wildman–Crippen LogP) is 3.44. The largest absolute Gasteiger partial charge is 0.321 e. The van der Waals surface area contributed by atoms with Crippen molar-refractivity contribution in [2.45, 2.75) is 44.6 Å². The Bertz CT molecular complexity index is 300. The maximum absolute atomic E-state index is 6.62. The maximum atomic E-state index is 6.62. The Labute approximate surface area is 92.7 Å². The standard InChI is InChI=1S/C14H21N/c1-2-14(15,13-10-6-7-11-13)12-8-4-3-5-9-12/h3-5,8-9,13H,2,6-7,10-11,15H2,1H3. The molecular weight excluding hydrogens is 182 g/mol. The van der Waals surface area contributed by atoms with Gasteiger partial charge in [0.15, 0.2) is 0 Å². The lowest BCUT2D eigenvalue weighted by atomic mass is 9.76. The van der Waals surface area contributed by atoms with E-state index in [1.807, 2.05) is 0 Å². The summed E-state index contributed by atoms with van der Waals surface area (Å²) in [6, 6.07) is 10.6. The zero-order valence-corrected chi connectivity index (χ0v) is 9.58. The van der Waals surface area contributed by atoms with Gasteiger partial charge in [-0.25, -0.2) is 0 Å². The van der Waals surface area contributed by atoms with Crippen LogP contribution in [0.3, 0.4) is 0 Å². The number of rotatable bonds is 3. The van der Waals surface area contributed by atoms with Crippen LogP contribution in [-0.2, 0) is 5.54 Å². The van der Waals surface area contributed by atoms with Gasteiger partial charge in [0, 0.05) is 5.54 Å². The summed E-state index contributed by atoms with van der Waals surface area (Å²) in [6.45, 7) is 2.21. The Hall–Kier alpha value is -0.820. The molecule has 0 spiro atoms. The maximum Gasteiger partial charge on any atom is 0.0435 e. The Morgan fingerprint density at radius 3 is 2.33 bits per heavy atom. The molecule has 2 N–H and O–H groups in total. The molecule has 1 aliphatic rings. The van der Waals surface area contributed by atoms with Crippen LogP contribution in [0.15, 0.2) is 30.3 Å². The zero-order chi connectivity index (χ0) is 10.7. The summed E-state index contributed by atoms with van der Waals surface area (Å²) in [4.78, 5) is 0. The van der Waals surface area contributed by atoms with Crippen LogP contribution in [0, 0.1) is 5.92 Å². The van der Waals surface area contributed by atoms with E-state index in [0.29, 0.717) is 5.92 Å². The molecular formula is C14H21N. The van der Waals surface area contributed by atoms with E-state index >= 15 is 0 Å². The third-order valence-electron chi connectivity index (χ3n) is 3.98. The molecule has 1 heteroatoms. The molecule has 82 valence electrons. The van der Waals surface area contributed by atoms with Gasteiger partial charge in [0.25, 0.3) is 0 Å². The van der Waals surface area contributed by atoms with Gasteiger partial charge in [-0.05, 0) is 30.7 Å². The molecule has 0 heterocycles. The second-order valence-electron chi connectivity index (χ2n) is 4.74. The first-order chi connectivity index (χ1) is 7.27. The van der Waals surface area contributed by atoms with Crippen molar-refractivity contribution in [2.75, 3.05) is 0 Å². The lowest BCUT2D eigenvalue weighted by molar-refractivity contribution is 0.269. The van der Waals surface area contributed by atoms with Crippen LogP contribution in [0.4, 0.5) is 0 Å². The first-order valence-electron chi connectivity index (χ1n) is 6.12. The molecule has 1 aromatic carbocycles. The third kappa shape index (κ3) is 1.93. The van der Waals surface area contributed by atoms with Crippen LogP contribution in [-0.4, -0.2) is 0 Å². The molecule has 0 aromatic heterocycles. The summed E-state index contributed by atoms with van der Waals surface area (Å²) in [5.41, 5.74) is 7.86. The third-order valence-corrected chi connectivity index (χ3v) is 3.98. The highest BCUT2D eigenvalue weighted by molar-refractivity contribution is 5.25. The molecule has 1 fully saturated rings. The predicted molar refractivity (Wildman–Crippen MR) is 64.6 cm³/mol. The molecule has 0 aliphatic heterocycles. The van der Waals surface area contributed by atoms with Crippen LogP contribution >= 0.6 is 0 Å². The molecule has 1 nitrogen and oxygen atoms in total. The Morgan fingerprint density at radius 1 is 1.20 bits per heavy atom. The molecule has 1 unspecified atom stereocenters. The van der Waals surface area contributed by atoms with E-state index in [9.17, 15) is 0 Å². The average molecular weight is 203 g/mol. The Morgan fingerprint density at radius 2 is 1.80 bits per heavy atom. The van der Waals surface area contributed by atoms with E-state index < -0.39 is 0 Å². The summed E-state index contributed by atoms with van der Waals surface area (Å²) < 4.78 is 0. The molecule has 1 aromatic rings. The van der Waals surface area contributed by atoms with Gasteiger partial charge in [-0.15, -0.1) is 0 Å². The second kappa shape index (κ2) is 4.36. The topological polar surface area (TPSA) is 26.0 Å². The number of hydrogen-bond donors (Lipinski definition) is 1. The lowest BCUT2D eigenvalue weighted by Gasteiger charge is -2.35. The van der Waals surface area contributed by atoms with Crippen LogP contribution in [0.5, 0.6) is 0 Å². The normalized spacial score (nSPS) is 21.5. The number of hydrogen-bond acceptors (Lipinski definition) is 1. The average Bonchev–Trinajstić information content (AvgIpc) is 2.83. The quantitative estimate of drug-likeness (QED) is 0.800. The van der Waals surface area contributed by atoms with Gasteiger partial charge in [-0.1, -0.05) is 50.1 Å². The molecule has 0 saturated heterocycles. The smallest absolute Gasteiger partial charge is 0.0435 e. The minimum atomic E-state index is -0.0856. The fourth-order valence-electron chi connectivity index (χ4n) is 2.92. The van der Waals surface area contributed by atoms with E-state index in [1.165, 1.54) is 31.2 Å². The lowest BCUT2D eigenvalue weighted by Crippen LogP contribution is -2.42. The first kappa shape index (κ1) is 10.7. The summed E-state index contributed by atoms with van der Waals surface area (Å²) in [6.07, 6.45) is 6.37. The van der Waals surface area contributed by atoms with Crippen molar-refractivity contribution in [3.8, 4) is 0 Å². The van der Waals surface area contributed by atoms with Crippen molar-refractivity contribution in [3.63, 3.8) is 0 Å². The van der Waals surface area contributed by atoms with Gasteiger partial charge < -0.3 is 5.73 Å². The van der Waals surface area contributed by atoms with Gasteiger partial charge >= 0.3 is 0 Å². The number of nitrogens with two attached hydrogens (primary N) is 1. The summed E-state index contributed by atoms with van der Waals surface area (Å²) >= 11 is 0. The van der Waals surface area contributed by atoms with Crippen LogP contribution in [0.2, 0.25) is 0 Å². The van der Waals surface area contributed by atoms with E-state index in [2.05, 4.69) is 37.3 Å². The molecule has 0 radical (unpaired) electrons. The summed E-state index contributed by atoms with van der Waals surface area (Å²) in [7, 11) is 0.